The third-order valence-electron chi connectivity index (χ3n) is 3.69. The number of halogens is 2. The molecule has 0 saturated carbocycles. The minimum absolute atomic E-state index is 0.0279. The summed E-state index contributed by atoms with van der Waals surface area (Å²) >= 11 is 0. The summed E-state index contributed by atoms with van der Waals surface area (Å²) in [5, 5.41) is 0. The van der Waals surface area contributed by atoms with Crippen LogP contribution in [0.15, 0.2) is 23.1 Å². The number of carbonyl (C=O) groups is 1. The molecule has 0 aliphatic carbocycles. The lowest BCUT2D eigenvalue weighted by Gasteiger charge is -2.32. The Balaban J connectivity index is 1.90. The zero-order valence-electron chi connectivity index (χ0n) is 12.8. The Hall–Kier alpha value is -1.58. The number of hydrogen-bond donors (Lipinski definition) is 1. The average Bonchev–Trinajstić information content (AvgIpc) is 2.50. The summed E-state index contributed by atoms with van der Waals surface area (Å²) in [4.78, 5) is 15.0. The molecule has 9 heteroatoms. The van der Waals surface area contributed by atoms with Crippen LogP contribution in [0.2, 0.25) is 0 Å². The molecule has 0 aromatic heterocycles. The molecule has 2 rings (SSSR count). The van der Waals surface area contributed by atoms with Crippen molar-refractivity contribution < 1.29 is 22.0 Å². The van der Waals surface area contributed by atoms with E-state index in [1.54, 1.807) is 4.90 Å². The summed E-state index contributed by atoms with van der Waals surface area (Å²) in [6, 6.07) is 2.93. The lowest BCUT2D eigenvalue weighted by Crippen LogP contribution is -2.47. The van der Waals surface area contributed by atoms with Crippen LogP contribution in [0.4, 0.5) is 8.78 Å². The van der Waals surface area contributed by atoms with Gasteiger partial charge in [0.2, 0.25) is 15.9 Å². The number of sulfonamides is 1. The molecule has 23 heavy (non-hydrogen) atoms. The smallest absolute Gasteiger partial charge is 0.243 e. The van der Waals surface area contributed by atoms with Gasteiger partial charge < -0.3 is 9.80 Å². The van der Waals surface area contributed by atoms with E-state index in [9.17, 15) is 22.0 Å². The second-order valence-corrected chi connectivity index (χ2v) is 7.12. The Morgan fingerprint density at radius 1 is 1.22 bits per heavy atom. The van der Waals surface area contributed by atoms with Crippen molar-refractivity contribution in [2.45, 2.75) is 11.3 Å². The van der Waals surface area contributed by atoms with Gasteiger partial charge in [0.15, 0.2) is 11.6 Å². The topological polar surface area (TPSA) is 69.7 Å². The molecule has 6 nitrogen and oxygen atoms in total. The minimum Gasteiger partial charge on any atom is -0.340 e. The first-order valence-corrected chi connectivity index (χ1v) is 8.69. The summed E-state index contributed by atoms with van der Waals surface area (Å²) in [7, 11) is -2.23. The first kappa shape index (κ1) is 17.8. The van der Waals surface area contributed by atoms with Crippen molar-refractivity contribution in [2.75, 3.05) is 39.8 Å². The zero-order chi connectivity index (χ0) is 17.0. The largest absolute Gasteiger partial charge is 0.340 e. The number of likely N-dealkylation sites (N-methyl/N-ethyl adjacent to an activating group) is 1. The quantitative estimate of drug-likeness (QED) is 0.838. The van der Waals surface area contributed by atoms with Gasteiger partial charge in [0.25, 0.3) is 0 Å². The maximum absolute atomic E-state index is 13.5. The van der Waals surface area contributed by atoms with Gasteiger partial charge in [-0.1, -0.05) is 6.07 Å². The highest BCUT2D eigenvalue weighted by Crippen LogP contribution is 2.16. The molecular weight excluding hydrogens is 328 g/mol. The van der Waals surface area contributed by atoms with Crippen LogP contribution in [-0.4, -0.2) is 63.9 Å². The van der Waals surface area contributed by atoms with Gasteiger partial charge in [-0.05, 0) is 19.2 Å². The molecule has 0 spiro atoms. The Morgan fingerprint density at radius 2 is 1.87 bits per heavy atom. The number of piperazine rings is 1. The highest BCUT2D eigenvalue weighted by Gasteiger charge is 2.23. The molecule has 1 heterocycles. The van der Waals surface area contributed by atoms with Crippen LogP contribution >= 0.6 is 0 Å². The Labute approximate surface area is 134 Å². The van der Waals surface area contributed by atoms with E-state index >= 15 is 0 Å². The molecule has 1 aromatic rings. The molecule has 1 N–H and O–H groups in total. The fourth-order valence-corrected chi connectivity index (χ4v) is 3.39. The van der Waals surface area contributed by atoms with Crippen LogP contribution in [0.1, 0.15) is 6.42 Å². The van der Waals surface area contributed by atoms with Gasteiger partial charge in [-0.3, -0.25) is 4.79 Å². The Kier molecular flexibility index (Phi) is 5.66. The second-order valence-electron chi connectivity index (χ2n) is 5.38. The van der Waals surface area contributed by atoms with Crippen LogP contribution in [0.5, 0.6) is 0 Å². The molecule has 1 fully saturated rings. The normalized spacial score (nSPS) is 16.6. The number of nitrogens with zero attached hydrogens (tertiary/aromatic N) is 2. The van der Waals surface area contributed by atoms with E-state index in [1.165, 1.54) is 0 Å². The fraction of sp³-hybridized carbons (Fsp3) is 0.500. The summed E-state index contributed by atoms with van der Waals surface area (Å²) in [5.74, 6) is -2.83. The van der Waals surface area contributed by atoms with Crippen molar-refractivity contribution in [1.29, 1.82) is 0 Å². The van der Waals surface area contributed by atoms with Crippen molar-refractivity contribution in [3.8, 4) is 0 Å². The average molecular weight is 347 g/mol. The fourth-order valence-electron chi connectivity index (χ4n) is 2.28. The molecular formula is C14H19F2N3O3S. The molecule has 0 atom stereocenters. The van der Waals surface area contributed by atoms with Gasteiger partial charge in [-0.25, -0.2) is 21.9 Å². The van der Waals surface area contributed by atoms with Crippen molar-refractivity contribution >= 4 is 15.9 Å². The van der Waals surface area contributed by atoms with E-state index < -0.39 is 26.6 Å². The van der Waals surface area contributed by atoms with Gasteiger partial charge in [-0.2, -0.15) is 0 Å². The van der Waals surface area contributed by atoms with E-state index in [0.717, 1.165) is 31.3 Å². The van der Waals surface area contributed by atoms with E-state index in [0.29, 0.717) is 13.1 Å². The number of rotatable bonds is 5. The number of nitrogens with one attached hydrogen (secondary N) is 1. The number of carbonyl (C=O) groups excluding carboxylic acids is 1. The molecule has 128 valence electrons. The molecule has 0 unspecified atom stereocenters. The molecule has 0 radical (unpaired) electrons. The number of amides is 1. The van der Waals surface area contributed by atoms with Crippen LogP contribution in [0.25, 0.3) is 0 Å². The van der Waals surface area contributed by atoms with Gasteiger partial charge in [0, 0.05) is 39.1 Å². The SMILES string of the molecule is CN1CCN(C(=O)CCNS(=O)(=O)c2cccc(F)c2F)CC1. The third-order valence-corrected chi connectivity index (χ3v) is 5.17. The lowest BCUT2D eigenvalue weighted by atomic mass is 10.3. The van der Waals surface area contributed by atoms with Crippen LogP contribution in [0.3, 0.4) is 0 Å². The van der Waals surface area contributed by atoms with Crippen molar-refractivity contribution in [2.24, 2.45) is 0 Å². The monoisotopic (exact) mass is 347 g/mol. The van der Waals surface area contributed by atoms with E-state index in [1.807, 2.05) is 7.05 Å². The maximum Gasteiger partial charge on any atom is 0.243 e. The standard InChI is InChI=1S/C14H19F2N3O3S/c1-18-7-9-19(10-8-18)13(20)5-6-17-23(21,22)12-4-2-3-11(15)14(12)16/h2-4,17H,5-10H2,1H3. The van der Waals surface area contributed by atoms with Crippen LogP contribution < -0.4 is 4.72 Å². The van der Waals surface area contributed by atoms with E-state index in [2.05, 4.69) is 9.62 Å². The second kappa shape index (κ2) is 7.33. The van der Waals surface area contributed by atoms with Gasteiger partial charge in [0.05, 0.1) is 0 Å². The summed E-state index contributed by atoms with van der Waals surface area (Å²) in [6.45, 7) is 2.57. The van der Waals surface area contributed by atoms with Crippen molar-refractivity contribution in [1.82, 2.24) is 14.5 Å². The summed E-state index contributed by atoms with van der Waals surface area (Å²) < 4.78 is 52.7. The number of hydrogen-bond acceptors (Lipinski definition) is 4. The number of benzene rings is 1. The molecule has 1 aliphatic rings. The lowest BCUT2D eigenvalue weighted by molar-refractivity contribution is -0.132. The van der Waals surface area contributed by atoms with Crippen LogP contribution in [0, 0.1) is 11.6 Å². The van der Waals surface area contributed by atoms with Crippen LogP contribution in [-0.2, 0) is 14.8 Å². The molecule has 1 aliphatic heterocycles. The zero-order valence-corrected chi connectivity index (χ0v) is 13.6. The summed E-state index contributed by atoms with van der Waals surface area (Å²) in [5.41, 5.74) is 0. The van der Waals surface area contributed by atoms with Gasteiger partial charge >= 0.3 is 0 Å². The summed E-state index contributed by atoms with van der Waals surface area (Å²) in [6.07, 6.45) is -0.0279. The van der Waals surface area contributed by atoms with E-state index in [4.69, 9.17) is 0 Å². The molecule has 1 aromatic carbocycles. The van der Waals surface area contributed by atoms with E-state index in [-0.39, 0.29) is 18.9 Å². The predicted octanol–water partition coefficient (Wildman–Crippen LogP) is 0.407. The molecule has 1 saturated heterocycles. The molecule has 0 bridgehead atoms. The van der Waals surface area contributed by atoms with Gasteiger partial charge in [-0.15, -0.1) is 0 Å². The minimum atomic E-state index is -4.19. The maximum atomic E-state index is 13.5. The first-order valence-electron chi connectivity index (χ1n) is 7.21. The third kappa shape index (κ3) is 4.46. The van der Waals surface area contributed by atoms with Gasteiger partial charge in [0.1, 0.15) is 4.90 Å². The highest BCUT2D eigenvalue weighted by atomic mass is 32.2. The van der Waals surface area contributed by atoms with Crippen molar-refractivity contribution in [3.63, 3.8) is 0 Å². The first-order chi connectivity index (χ1) is 10.8. The van der Waals surface area contributed by atoms with Crippen molar-refractivity contribution in [3.05, 3.63) is 29.8 Å². The molecule has 1 amide bonds. The highest BCUT2D eigenvalue weighted by molar-refractivity contribution is 7.89. The Bertz CT molecular complexity index is 674. The predicted molar refractivity (Wildman–Crippen MR) is 80.2 cm³/mol. The Morgan fingerprint density at radius 3 is 2.52 bits per heavy atom.